The van der Waals surface area contributed by atoms with Crippen LogP contribution >= 0.6 is 9.90 Å². The number of rotatable bonds is 2. The molecule has 1 unspecified atom stereocenters. The minimum atomic E-state index is 0. The van der Waals surface area contributed by atoms with Crippen LogP contribution in [-0.2, 0) is 9.47 Å². The van der Waals surface area contributed by atoms with Gasteiger partial charge < -0.3 is 9.47 Å². The molecule has 0 bridgehead atoms. The molecule has 6 heavy (non-hydrogen) atoms. The predicted molar refractivity (Wildman–Crippen MR) is 30.0 cm³/mol. The summed E-state index contributed by atoms with van der Waals surface area (Å²) in [6.07, 6.45) is 0. The van der Waals surface area contributed by atoms with Crippen molar-refractivity contribution in [1.29, 1.82) is 0 Å². The lowest BCUT2D eigenvalue weighted by Gasteiger charge is -1.87. The van der Waals surface area contributed by atoms with Crippen LogP contribution in [0.4, 0.5) is 0 Å². The van der Waals surface area contributed by atoms with E-state index in [-0.39, 0.29) is 9.90 Å². The summed E-state index contributed by atoms with van der Waals surface area (Å²) < 4.78 is 8.94. The summed E-state index contributed by atoms with van der Waals surface area (Å²) in [7, 11) is 3.17. The maximum Gasteiger partial charge on any atom is 0.145 e. The topological polar surface area (TPSA) is 18.5 Å². The quantitative estimate of drug-likeness (QED) is 0.376. The van der Waals surface area contributed by atoms with Crippen LogP contribution in [-0.4, -0.2) is 21.0 Å². The molecule has 1 atom stereocenters. The molecule has 0 rings (SSSR count). The van der Waals surface area contributed by atoms with Crippen molar-refractivity contribution in [2.24, 2.45) is 0 Å². The lowest BCUT2D eigenvalue weighted by molar-refractivity contribution is -0.00271. The standard InChI is InChI=1S/C3H8O2.H3P/c1-4-3-5-2;/h3H2,1-2H3;1H3. The number of hydrogen-bond donors (Lipinski definition) is 0. The van der Waals surface area contributed by atoms with E-state index in [1.165, 1.54) is 0 Å². The Bertz CT molecular complexity index is 16.3. The molecule has 0 amide bonds. The lowest BCUT2D eigenvalue weighted by Crippen LogP contribution is -1.87. The van der Waals surface area contributed by atoms with Gasteiger partial charge in [-0.15, -0.1) is 0 Å². The van der Waals surface area contributed by atoms with E-state index in [1.54, 1.807) is 14.2 Å². The highest BCUT2D eigenvalue weighted by Gasteiger charge is 1.63. The van der Waals surface area contributed by atoms with Gasteiger partial charge in [-0.1, -0.05) is 0 Å². The Kier molecular flexibility index (Phi) is 14.4. The van der Waals surface area contributed by atoms with Crippen LogP contribution in [0.25, 0.3) is 0 Å². The highest BCUT2D eigenvalue weighted by atomic mass is 31.0. The number of hydrogen-bond acceptors (Lipinski definition) is 2. The van der Waals surface area contributed by atoms with Crippen LogP contribution in [0, 0.1) is 0 Å². The molecule has 0 saturated carbocycles. The van der Waals surface area contributed by atoms with Crippen LogP contribution in [0.3, 0.4) is 0 Å². The molecule has 0 fully saturated rings. The van der Waals surface area contributed by atoms with E-state index in [9.17, 15) is 0 Å². The van der Waals surface area contributed by atoms with Crippen LogP contribution < -0.4 is 0 Å². The van der Waals surface area contributed by atoms with Gasteiger partial charge in [-0.05, 0) is 0 Å². The molecule has 0 aliphatic heterocycles. The summed E-state index contributed by atoms with van der Waals surface area (Å²) in [4.78, 5) is 0. The van der Waals surface area contributed by atoms with Crippen molar-refractivity contribution in [3.8, 4) is 0 Å². The largest absolute Gasteiger partial charge is 0.359 e. The Labute approximate surface area is 41.4 Å². The zero-order valence-corrected chi connectivity index (χ0v) is 5.64. The second-order valence-electron chi connectivity index (χ2n) is 0.695. The predicted octanol–water partition coefficient (Wildman–Crippen LogP) is 0.295. The summed E-state index contributed by atoms with van der Waals surface area (Å²) in [6, 6.07) is 0. The SMILES string of the molecule is COCOC.P. The molecule has 0 radical (unpaired) electrons. The maximum absolute atomic E-state index is 4.47. The van der Waals surface area contributed by atoms with Gasteiger partial charge in [0, 0.05) is 14.2 Å². The third-order valence-electron chi connectivity index (χ3n) is 0.236. The van der Waals surface area contributed by atoms with Gasteiger partial charge in [0.05, 0.1) is 0 Å². The molecular formula is C3H11O2P. The first kappa shape index (κ1) is 9.61. The van der Waals surface area contributed by atoms with Crippen molar-refractivity contribution >= 4 is 9.90 Å². The van der Waals surface area contributed by atoms with E-state index < -0.39 is 0 Å². The zero-order valence-electron chi connectivity index (χ0n) is 4.23. The van der Waals surface area contributed by atoms with Crippen molar-refractivity contribution in [2.75, 3.05) is 21.0 Å². The molecule has 0 spiro atoms. The average Bonchev–Trinajstić information content (AvgIpc) is 1.41. The van der Waals surface area contributed by atoms with Crippen LogP contribution in [0.5, 0.6) is 0 Å². The van der Waals surface area contributed by atoms with E-state index in [0.29, 0.717) is 6.79 Å². The molecule has 3 heteroatoms. The molecular weight excluding hydrogens is 99.0 g/mol. The molecule has 0 aromatic heterocycles. The van der Waals surface area contributed by atoms with Gasteiger partial charge >= 0.3 is 0 Å². The molecule has 0 aliphatic rings. The first-order valence-electron chi connectivity index (χ1n) is 1.39. The Hall–Kier alpha value is 0.350. The first-order valence-corrected chi connectivity index (χ1v) is 1.39. The van der Waals surface area contributed by atoms with Crippen molar-refractivity contribution in [3.05, 3.63) is 0 Å². The molecule has 0 N–H and O–H groups in total. The third-order valence-corrected chi connectivity index (χ3v) is 0.236. The molecule has 0 aromatic carbocycles. The van der Waals surface area contributed by atoms with Crippen LogP contribution in [0.1, 0.15) is 0 Å². The fourth-order valence-corrected chi connectivity index (χ4v) is 0.118. The van der Waals surface area contributed by atoms with Gasteiger partial charge in [-0.25, -0.2) is 0 Å². The van der Waals surface area contributed by atoms with E-state index >= 15 is 0 Å². The summed E-state index contributed by atoms with van der Waals surface area (Å²) >= 11 is 0. The maximum atomic E-state index is 4.47. The molecule has 40 valence electrons. The summed E-state index contributed by atoms with van der Waals surface area (Å²) in [6.45, 7) is 0.389. The second-order valence-corrected chi connectivity index (χ2v) is 0.695. The van der Waals surface area contributed by atoms with Crippen molar-refractivity contribution in [2.45, 2.75) is 0 Å². The third kappa shape index (κ3) is 8.84. The monoisotopic (exact) mass is 110 g/mol. The minimum absolute atomic E-state index is 0. The van der Waals surface area contributed by atoms with Crippen molar-refractivity contribution in [1.82, 2.24) is 0 Å². The van der Waals surface area contributed by atoms with Gasteiger partial charge in [0.2, 0.25) is 0 Å². The Morgan fingerprint density at radius 1 is 1.17 bits per heavy atom. The van der Waals surface area contributed by atoms with Crippen LogP contribution in [0.15, 0.2) is 0 Å². The Morgan fingerprint density at radius 2 is 1.50 bits per heavy atom. The molecule has 0 heterocycles. The van der Waals surface area contributed by atoms with E-state index in [1.807, 2.05) is 0 Å². The minimum Gasteiger partial charge on any atom is -0.359 e. The van der Waals surface area contributed by atoms with Gasteiger partial charge in [0.1, 0.15) is 6.79 Å². The first-order chi connectivity index (χ1) is 2.41. The molecule has 0 aromatic rings. The smallest absolute Gasteiger partial charge is 0.145 e. The fraction of sp³-hybridized carbons (Fsp3) is 1.00. The molecule has 0 aliphatic carbocycles. The fourth-order valence-electron chi connectivity index (χ4n) is 0.118. The van der Waals surface area contributed by atoms with Gasteiger partial charge in [-0.3, -0.25) is 0 Å². The van der Waals surface area contributed by atoms with Gasteiger partial charge in [0.15, 0.2) is 0 Å². The van der Waals surface area contributed by atoms with E-state index in [4.69, 9.17) is 0 Å². The molecule has 2 nitrogen and oxygen atoms in total. The van der Waals surface area contributed by atoms with E-state index in [2.05, 4.69) is 9.47 Å². The van der Waals surface area contributed by atoms with Crippen molar-refractivity contribution in [3.63, 3.8) is 0 Å². The van der Waals surface area contributed by atoms with Crippen LogP contribution in [0.2, 0.25) is 0 Å². The normalized spacial score (nSPS) is 7.00. The molecule has 0 saturated heterocycles. The second kappa shape index (κ2) is 9.02. The Balaban J connectivity index is 0. The number of methoxy groups -OCH3 is 2. The summed E-state index contributed by atoms with van der Waals surface area (Å²) in [5.74, 6) is 0. The number of ether oxygens (including phenoxy) is 2. The Morgan fingerprint density at radius 3 is 1.50 bits per heavy atom. The van der Waals surface area contributed by atoms with Crippen molar-refractivity contribution < 1.29 is 9.47 Å². The highest BCUT2D eigenvalue weighted by molar-refractivity contribution is 6.92. The average molecular weight is 110 g/mol. The highest BCUT2D eigenvalue weighted by Crippen LogP contribution is 1.60. The van der Waals surface area contributed by atoms with Gasteiger partial charge in [-0.2, -0.15) is 9.90 Å². The van der Waals surface area contributed by atoms with Gasteiger partial charge in [0.25, 0.3) is 0 Å². The lowest BCUT2D eigenvalue weighted by atomic mass is 11.4. The summed E-state index contributed by atoms with van der Waals surface area (Å²) in [5.41, 5.74) is 0. The van der Waals surface area contributed by atoms with E-state index in [0.717, 1.165) is 0 Å². The summed E-state index contributed by atoms with van der Waals surface area (Å²) in [5, 5.41) is 0. The zero-order chi connectivity index (χ0) is 4.12.